The normalized spacial score (nSPS) is 22.3. The molecule has 7 heteroatoms. The molecule has 1 aliphatic heterocycles. The lowest BCUT2D eigenvalue weighted by Crippen LogP contribution is -2.54. The van der Waals surface area contributed by atoms with Crippen LogP contribution in [-0.4, -0.2) is 31.1 Å². The predicted octanol–water partition coefficient (Wildman–Crippen LogP) is 0.501. The van der Waals surface area contributed by atoms with Crippen LogP contribution in [0.5, 0.6) is 0 Å². The first-order valence-electron chi connectivity index (χ1n) is 5.22. The third-order valence-electron chi connectivity index (χ3n) is 2.40. The SMILES string of the molecule is CC1OC(=O)[C@H]1N.Cc1ccc(S(=O)(=O)O)cc1. The van der Waals surface area contributed by atoms with Crippen LogP contribution < -0.4 is 5.73 Å². The van der Waals surface area contributed by atoms with Crippen molar-refractivity contribution in [3.05, 3.63) is 29.8 Å². The third kappa shape index (κ3) is 3.80. The second kappa shape index (κ2) is 5.47. The molecule has 0 spiro atoms. The van der Waals surface area contributed by atoms with Gasteiger partial charge in [0.1, 0.15) is 12.1 Å². The third-order valence-corrected chi connectivity index (χ3v) is 3.27. The van der Waals surface area contributed by atoms with Crippen molar-refractivity contribution in [1.29, 1.82) is 0 Å². The van der Waals surface area contributed by atoms with Gasteiger partial charge < -0.3 is 10.5 Å². The number of carbonyl (C=O) groups is 1. The van der Waals surface area contributed by atoms with Crippen LogP contribution in [0.3, 0.4) is 0 Å². The van der Waals surface area contributed by atoms with Crippen LogP contribution in [0.1, 0.15) is 12.5 Å². The Labute approximate surface area is 105 Å². The summed E-state index contributed by atoms with van der Waals surface area (Å²) in [5, 5.41) is 0. The maximum atomic E-state index is 10.5. The van der Waals surface area contributed by atoms with Crippen LogP contribution in [0.15, 0.2) is 29.2 Å². The van der Waals surface area contributed by atoms with E-state index in [-0.39, 0.29) is 23.0 Å². The first-order chi connectivity index (χ1) is 8.21. The second-order valence-corrected chi connectivity index (χ2v) is 5.38. The Morgan fingerprint density at radius 1 is 1.28 bits per heavy atom. The lowest BCUT2D eigenvalue weighted by atomic mass is 10.1. The van der Waals surface area contributed by atoms with E-state index in [4.69, 9.17) is 10.3 Å². The van der Waals surface area contributed by atoms with Gasteiger partial charge >= 0.3 is 5.97 Å². The molecule has 1 aromatic rings. The molecule has 3 N–H and O–H groups in total. The standard InChI is InChI=1S/C7H8O3S.C4H7NO2/c1-6-2-4-7(5-3-6)11(8,9)10;1-2-3(5)4(6)7-2/h2-5H,1H3,(H,8,9,10);2-3H,5H2,1H3/t;2?,3-/m.0/s1. The van der Waals surface area contributed by atoms with E-state index >= 15 is 0 Å². The van der Waals surface area contributed by atoms with E-state index in [0.29, 0.717) is 0 Å². The zero-order valence-electron chi connectivity index (χ0n) is 10.0. The van der Waals surface area contributed by atoms with Crippen LogP contribution in [0, 0.1) is 6.92 Å². The van der Waals surface area contributed by atoms with E-state index in [1.54, 1.807) is 19.1 Å². The number of hydrogen-bond acceptors (Lipinski definition) is 5. The molecule has 0 amide bonds. The summed E-state index contributed by atoms with van der Waals surface area (Å²) in [4.78, 5) is 10.0. The van der Waals surface area contributed by atoms with Crippen LogP contribution in [0.4, 0.5) is 0 Å². The molecule has 2 atom stereocenters. The second-order valence-electron chi connectivity index (χ2n) is 3.96. The van der Waals surface area contributed by atoms with E-state index in [9.17, 15) is 13.2 Å². The van der Waals surface area contributed by atoms with Gasteiger partial charge in [-0.15, -0.1) is 0 Å². The molecule has 1 heterocycles. The van der Waals surface area contributed by atoms with Gasteiger partial charge in [0.15, 0.2) is 0 Å². The van der Waals surface area contributed by atoms with Gasteiger partial charge in [0, 0.05) is 0 Å². The molecule has 1 unspecified atom stereocenters. The summed E-state index contributed by atoms with van der Waals surface area (Å²) in [6.45, 7) is 3.61. The molecule has 0 aliphatic carbocycles. The maximum Gasteiger partial charge on any atom is 0.327 e. The first kappa shape index (κ1) is 14.6. The number of carbonyl (C=O) groups excluding carboxylic acids is 1. The minimum Gasteiger partial charge on any atom is -0.459 e. The maximum absolute atomic E-state index is 10.5. The summed E-state index contributed by atoms with van der Waals surface area (Å²) >= 11 is 0. The highest BCUT2D eigenvalue weighted by molar-refractivity contribution is 7.85. The van der Waals surface area contributed by atoms with Crippen molar-refractivity contribution in [3.63, 3.8) is 0 Å². The summed E-state index contributed by atoms with van der Waals surface area (Å²) in [6, 6.07) is 5.63. The topological polar surface area (TPSA) is 107 Å². The van der Waals surface area contributed by atoms with Crippen molar-refractivity contribution in [1.82, 2.24) is 0 Å². The van der Waals surface area contributed by atoms with Crippen LogP contribution in [0.2, 0.25) is 0 Å². The molecular weight excluding hydrogens is 258 g/mol. The minimum absolute atomic E-state index is 0.0625. The minimum atomic E-state index is -4.02. The largest absolute Gasteiger partial charge is 0.459 e. The van der Waals surface area contributed by atoms with E-state index in [0.717, 1.165) is 5.56 Å². The highest BCUT2D eigenvalue weighted by Gasteiger charge is 2.35. The summed E-state index contributed by atoms with van der Waals surface area (Å²) in [7, 11) is -4.02. The Balaban J connectivity index is 0.000000199. The van der Waals surface area contributed by atoms with Gasteiger partial charge in [0.2, 0.25) is 0 Å². The van der Waals surface area contributed by atoms with E-state index in [1.165, 1.54) is 12.1 Å². The molecule has 0 radical (unpaired) electrons. The van der Waals surface area contributed by atoms with Crippen molar-refractivity contribution < 1.29 is 22.5 Å². The van der Waals surface area contributed by atoms with Crippen LogP contribution >= 0.6 is 0 Å². The molecule has 100 valence electrons. The van der Waals surface area contributed by atoms with Gasteiger partial charge in [-0.1, -0.05) is 17.7 Å². The lowest BCUT2D eigenvalue weighted by Gasteiger charge is -2.28. The number of benzene rings is 1. The Bertz CT molecular complexity index is 523. The molecule has 1 aliphatic rings. The fourth-order valence-corrected chi connectivity index (χ4v) is 1.64. The number of cyclic esters (lactones) is 1. The fraction of sp³-hybridized carbons (Fsp3) is 0.364. The molecular formula is C11H15NO5S. The Morgan fingerprint density at radius 3 is 2.00 bits per heavy atom. The summed E-state index contributed by atoms with van der Waals surface area (Å²) in [5.74, 6) is -0.285. The number of hydrogen-bond donors (Lipinski definition) is 2. The van der Waals surface area contributed by atoms with Gasteiger partial charge in [-0.3, -0.25) is 9.35 Å². The predicted molar refractivity (Wildman–Crippen MR) is 64.5 cm³/mol. The average Bonchev–Trinajstić information content (AvgIpc) is 2.29. The number of aryl methyl sites for hydroxylation is 1. The van der Waals surface area contributed by atoms with E-state index < -0.39 is 10.1 Å². The Hall–Kier alpha value is -1.44. The molecule has 0 aromatic heterocycles. The van der Waals surface area contributed by atoms with Gasteiger partial charge in [0.05, 0.1) is 4.90 Å². The number of nitrogens with two attached hydrogens (primary N) is 1. The van der Waals surface area contributed by atoms with Gasteiger partial charge in [-0.2, -0.15) is 8.42 Å². The zero-order chi connectivity index (χ0) is 13.9. The van der Waals surface area contributed by atoms with Crippen molar-refractivity contribution in [2.24, 2.45) is 5.73 Å². The quantitative estimate of drug-likeness (QED) is 0.570. The fourth-order valence-electron chi connectivity index (χ4n) is 1.16. The van der Waals surface area contributed by atoms with Crippen molar-refractivity contribution >= 4 is 16.1 Å². The Kier molecular flexibility index (Phi) is 4.44. The highest BCUT2D eigenvalue weighted by Crippen LogP contribution is 2.09. The van der Waals surface area contributed by atoms with E-state index in [1.807, 2.05) is 6.92 Å². The number of rotatable bonds is 1. The summed E-state index contributed by atoms with van der Waals surface area (Å²) in [5.41, 5.74) is 6.15. The molecule has 0 saturated carbocycles. The average molecular weight is 273 g/mol. The number of esters is 1. The molecule has 0 bridgehead atoms. The van der Waals surface area contributed by atoms with E-state index in [2.05, 4.69) is 4.74 Å². The molecule has 2 rings (SSSR count). The van der Waals surface area contributed by atoms with Gasteiger partial charge in [-0.25, -0.2) is 0 Å². The molecule has 18 heavy (non-hydrogen) atoms. The Morgan fingerprint density at radius 2 is 1.78 bits per heavy atom. The molecule has 1 fully saturated rings. The smallest absolute Gasteiger partial charge is 0.327 e. The first-order valence-corrected chi connectivity index (χ1v) is 6.66. The van der Waals surface area contributed by atoms with Crippen LogP contribution in [-0.2, 0) is 19.6 Å². The highest BCUT2D eigenvalue weighted by atomic mass is 32.2. The van der Waals surface area contributed by atoms with Crippen molar-refractivity contribution in [2.45, 2.75) is 30.9 Å². The summed E-state index contributed by atoms with van der Waals surface area (Å²) in [6.07, 6.45) is -0.0625. The van der Waals surface area contributed by atoms with Crippen LogP contribution in [0.25, 0.3) is 0 Å². The number of ether oxygens (including phenoxy) is 1. The zero-order valence-corrected chi connectivity index (χ0v) is 10.8. The lowest BCUT2D eigenvalue weighted by molar-refractivity contribution is -0.171. The summed E-state index contributed by atoms with van der Waals surface area (Å²) < 4.78 is 34.0. The molecule has 1 aromatic carbocycles. The van der Waals surface area contributed by atoms with Crippen molar-refractivity contribution in [3.8, 4) is 0 Å². The van der Waals surface area contributed by atoms with Gasteiger partial charge in [-0.05, 0) is 26.0 Å². The van der Waals surface area contributed by atoms with Gasteiger partial charge in [0.25, 0.3) is 10.1 Å². The molecule has 6 nitrogen and oxygen atoms in total. The van der Waals surface area contributed by atoms with Crippen molar-refractivity contribution in [2.75, 3.05) is 0 Å². The molecule has 1 saturated heterocycles. The monoisotopic (exact) mass is 273 g/mol.